The molecule has 2 nitrogen and oxygen atoms in total. The molecule has 12 heavy (non-hydrogen) atoms. The SMILES string of the molecule is CCC(C)CNCC(Cl)COC. The Labute approximate surface area is 80.6 Å². The van der Waals surface area contributed by atoms with E-state index < -0.39 is 0 Å². The number of nitrogens with one attached hydrogen (secondary N) is 1. The van der Waals surface area contributed by atoms with Gasteiger partial charge in [0.2, 0.25) is 0 Å². The summed E-state index contributed by atoms with van der Waals surface area (Å²) in [6, 6.07) is 0. The molecule has 0 amide bonds. The maximum Gasteiger partial charge on any atom is 0.0693 e. The van der Waals surface area contributed by atoms with E-state index in [-0.39, 0.29) is 5.38 Å². The molecule has 0 aromatic heterocycles. The van der Waals surface area contributed by atoms with E-state index in [2.05, 4.69) is 19.2 Å². The lowest BCUT2D eigenvalue weighted by molar-refractivity contribution is 0.196. The first-order chi connectivity index (χ1) is 5.70. The minimum absolute atomic E-state index is 0.0963. The first-order valence-corrected chi connectivity index (χ1v) is 4.98. The summed E-state index contributed by atoms with van der Waals surface area (Å²) in [6.45, 7) is 6.92. The molecule has 0 spiro atoms. The van der Waals surface area contributed by atoms with Crippen LogP contribution in [0.25, 0.3) is 0 Å². The topological polar surface area (TPSA) is 21.3 Å². The van der Waals surface area contributed by atoms with Crippen LogP contribution in [0, 0.1) is 5.92 Å². The van der Waals surface area contributed by atoms with Gasteiger partial charge in [0.1, 0.15) is 0 Å². The molecule has 0 aromatic carbocycles. The number of alkyl halides is 1. The summed E-state index contributed by atoms with van der Waals surface area (Å²) in [4.78, 5) is 0. The van der Waals surface area contributed by atoms with Crippen LogP contribution in [0.5, 0.6) is 0 Å². The molecule has 0 aliphatic carbocycles. The van der Waals surface area contributed by atoms with Crippen LogP contribution in [0.4, 0.5) is 0 Å². The average Bonchev–Trinajstić information content (AvgIpc) is 2.04. The van der Waals surface area contributed by atoms with Gasteiger partial charge in [-0.15, -0.1) is 11.6 Å². The molecule has 0 radical (unpaired) electrons. The highest BCUT2D eigenvalue weighted by molar-refractivity contribution is 6.20. The fourth-order valence-electron chi connectivity index (χ4n) is 0.870. The number of methoxy groups -OCH3 is 1. The third-order valence-electron chi connectivity index (χ3n) is 1.90. The van der Waals surface area contributed by atoms with Crippen molar-refractivity contribution in [1.29, 1.82) is 0 Å². The Morgan fingerprint density at radius 2 is 2.08 bits per heavy atom. The minimum atomic E-state index is 0.0963. The fraction of sp³-hybridized carbons (Fsp3) is 1.00. The van der Waals surface area contributed by atoms with E-state index in [0.29, 0.717) is 6.61 Å². The molecule has 0 aliphatic rings. The van der Waals surface area contributed by atoms with Gasteiger partial charge in [0.05, 0.1) is 12.0 Å². The van der Waals surface area contributed by atoms with Crippen molar-refractivity contribution in [3.05, 3.63) is 0 Å². The Morgan fingerprint density at radius 3 is 2.58 bits per heavy atom. The van der Waals surface area contributed by atoms with Crippen LogP contribution in [0.3, 0.4) is 0 Å². The van der Waals surface area contributed by atoms with E-state index in [1.165, 1.54) is 6.42 Å². The molecule has 0 rings (SSSR count). The first kappa shape index (κ1) is 12.2. The van der Waals surface area contributed by atoms with Crippen molar-refractivity contribution >= 4 is 11.6 Å². The van der Waals surface area contributed by atoms with Crippen LogP contribution in [0.1, 0.15) is 20.3 Å². The number of halogens is 1. The van der Waals surface area contributed by atoms with Crippen LogP contribution in [-0.4, -0.2) is 32.2 Å². The Hall–Kier alpha value is 0.210. The Kier molecular flexibility index (Phi) is 7.98. The van der Waals surface area contributed by atoms with Crippen LogP contribution in [0.15, 0.2) is 0 Å². The van der Waals surface area contributed by atoms with Gasteiger partial charge in [0.25, 0.3) is 0 Å². The fourth-order valence-corrected chi connectivity index (χ4v) is 1.11. The van der Waals surface area contributed by atoms with Gasteiger partial charge in [-0.1, -0.05) is 20.3 Å². The van der Waals surface area contributed by atoms with E-state index in [1.807, 2.05) is 0 Å². The monoisotopic (exact) mass is 193 g/mol. The van der Waals surface area contributed by atoms with E-state index in [1.54, 1.807) is 7.11 Å². The van der Waals surface area contributed by atoms with Gasteiger partial charge in [0.15, 0.2) is 0 Å². The molecule has 0 saturated heterocycles. The summed E-state index contributed by atoms with van der Waals surface area (Å²) in [7, 11) is 1.67. The zero-order chi connectivity index (χ0) is 9.40. The Balaban J connectivity index is 3.18. The van der Waals surface area contributed by atoms with Gasteiger partial charge < -0.3 is 10.1 Å². The second-order valence-corrected chi connectivity index (χ2v) is 3.84. The smallest absolute Gasteiger partial charge is 0.0693 e. The van der Waals surface area contributed by atoms with Crippen molar-refractivity contribution in [2.75, 3.05) is 26.8 Å². The van der Waals surface area contributed by atoms with Gasteiger partial charge in [-0.2, -0.15) is 0 Å². The van der Waals surface area contributed by atoms with Gasteiger partial charge in [-0.25, -0.2) is 0 Å². The van der Waals surface area contributed by atoms with Gasteiger partial charge in [-0.05, 0) is 12.5 Å². The third-order valence-corrected chi connectivity index (χ3v) is 2.18. The van der Waals surface area contributed by atoms with Crippen molar-refractivity contribution in [3.63, 3.8) is 0 Å². The predicted molar refractivity (Wildman–Crippen MR) is 53.8 cm³/mol. The lowest BCUT2D eigenvalue weighted by Crippen LogP contribution is -2.29. The summed E-state index contributed by atoms with van der Waals surface area (Å²) >= 11 is 5.92. The number of ether oxygens (including phenoxy) is 1. The first-order valence-electron chi connectivity index (χ1n) is 4.54. The maximum absolute atomic E-state index is 5.92. The lowest BCUT2D eigenvalue weighted by Gasteiger charge is -2.12. The summed E-state index contributed by atoms with van der Waals surface area (Å²) in [5.41, 5.74) is 0. The van der Waals surface area contributed by atoms with Crippen LogP contribution >= 0.6 is 11.6 Å². The van der Waals surface area contributed by atoms with Crippen molar-refractivity contribution in [3.8, 4) is 0 Å². The molecular formula is C9H20ClNO. The summed E-state index contributed by atoms with van der Waals surface area (Å²) in [5.74, 6) is 0.733. The molecule has 2 unspecified atom stereocenters. The quantitative estimate of drug-likeness (QED) is 0.624. The highest BCUT2D eigenvalue weighted by atomic mass is 35.5. The number of rotatable bonds is 7. The Morgan fingerprint density at radius 1 is 1.42 bits per heavy atom. The second kappa shape index (κ2) is 7.84. The van der Waals surface area contributed by atoms with E-state index in [9.17, 15) is 0 Å². The highest BCUT2D eigenvalue weighted by Crippen LogP contribution is 1.98. The molecule has 74 valence electrons. The summed E-state index contributed by atoms with van der Waals surface area (Å²) in [5, 5.41) is 3.41. The third kappa shape index (κ3) is 6.89. The molecule has 0 saturated carbocycles. The molecule has 0 aromatic rings. The lowest BCUT2D eigenvalue weighted by atomic mass is 10.1. The zero-order valence-corrected chi connectivity index (χ0v) is 9.03. The number of hydrogen-bond donors (Lipinski definition) is 1. The van der Waals surface area contributed by atoms with E-state index in [4.69, 9.17) is 16.3 Å². The van der Waals surface area contributed by atoms with Gasteiger partial charge in [-0.3, -0.25) is 0 Å². The maximum atomic E-state index is 5.92. The van der Waals surface area contributed by atoms with Crippen molar-refractivity contribution < 1.29 is 4.74 Å². The van der Waals surface area contributed by atoms with E-state index in [0.717, 1.165) is 19.0 Å². The molecule has 3 heteroatoms. The molecular weight excluding hydrogens is 174 g/mol. The van der Waals surface area contributed by atoms with Crippen molar-refractivity contribution in [2.45, 2.75) is 25.6 Å². The number of hydrogen-bond acceptors (Lipinski definition) is 2. The average molecular weight is 194 g/mol. The van der Waals surface area contributed by atoms with E-state index >= 15 is 0 Å². The molecule has 0 fully saturated rings. The molecule has 2 atom stereocenters. The minimum Gasteiger partial charge on any atom is -0.383 e. The molecule has 0 heterocycles. The standard InChI is InChI=1S/C9H20ClNO/c1-4-8(2)5-11-6-9(10)7-12-3/h8-9,11H,4-7H2,1-3H3. The predicted octanol–water partition coefficient (Wildman–Crippen LogP) is 1.88. The summed E-state index contributed by atoms with van der Waals surface area (Å²) < 4.78 is 4.92. The Bertz CT molecular complexity index is 101. The molecule has 0 bridgehead atoms. The summed E-state index contributed by atoms with van der Waals surface area (Å²) in [6.07, 6.45) is 1.21. The zero-order valence-electron chi connectivity index (χ0n) is 8.27. The van der Waals surface area contributed by atoms with Crippen LogP contribution in [0.2, 0.25) is 0 Å². The molecule has 1 N–H and O–H groups in total. The molecule has 0 aliphatic heterocycles. The normalized spacial score (nSPS) is 16.0. The highest BCUT2D eigenvalue weighted by Gasteiger charge is 2.03. The van der Waals surface area contributed by atoms with Crippen molar-refractivity contribution in [2.24, 2.45) is 5.92 Å². The van der Waals surface area contributed by atoms with Gasteiger partial charge in [0, 0.05) is 13.7 Å². The largest absolute Gasteiger partial charge is 0.383 e. The van der Waals surface area contributed by atoms with Crippen LogP contribution in [-0.2, 0) is 4.74 Å². The van der Waals surface area contributed by atoms with Gasteiger partial charge >= 0.3 is 0 Å². The van der Waals surface area contributed by atoms with Crippen molar-refractivity contribution in [1.82, 2.24) is 5.32 Å². The van der Waals surface area contributed by atoms with Crippen LogP contribution < -0.4 is 5.32 Å². The second-order valence-electron chi connectivity index (χ2n) is 3.22.